The fourth-order valence-corrected chi connectivity index (χ4v) is 3.74. The van der Waals surface area contributed by atoms with E-state index in [-0.39, 0.29) is 11.3 Å². The molecule has 5 nitrogen and oxygen atoms in total. The number of hydrogen-bond donors (Lipinski definition) is 2. The molecule has 152 valence electrons. The molecule has 0 unspecified atom stereocenters. The molecule has 2 N–H and O–H groups in total. The molecule has 0 spiro atoms. The van der Waals surface area contributed by atoms with Crippen LogP contribution >= 0.6 is 0 Å². The molecule has 1 aliphatic heterocycles. The molecule has 0 aromatic heterocycles. The largest absolute Gasteiger partial charge is 0.507 e. The third kappa shape index (κ3) is 4.22. The quantitative estimate of drug-likeness (QED) is 0.428. The average Bonchev–Trinajstić information content (AvgIpc) is 3.00. The van der Waals surface area contributed by atoms with E-state index in [2.05, 4.69) is 13.8 Å². The van der Waals surface area contributed by atoms with E-state index < -0.39 is 23.5 Å². The third-order valence-corrected chi connectivity index (χ3v) is 5.48. The molecular formula is C23H26FN2O3+. The van der Waals surface area contributed by atoms with E-state index in [9.17, 15) is 19.1 Å². The number of aliphatic hydroxyl groups excluding tert-OH is 1. The smallest absolute Gasteiger partial charge is 0.295 e. The van der Waals surface area contributed by atoms with Crippen molar-refractivity contribution in [3.8, 4) is 0 Å². The Hall–Kier alpha value is -2.99. The van der Waals surface area contributed by atoms with Crippen molar-refractivity contribution in [1.29, 1.82) is 0 Å². The zero-order valence-electron chi connectivity index (χ0n) is 16.7. The number of likely N-dealkylation sites (N-methyl/N-ethyl adjacent to an activating group) is 1. The normalized spacial score (nSPS) is 18.6. The SMILES string of the molecule is CC[NH+](CC)CCN1C(=O)C(=O)C(=C(O)c2ccc(F)cc2)[C@@H]1c1ccccc1. The Morgan fingerprint density at radius 3 is 2.24 bits per heavy atom. The maximum absolute atomic E-state index is 13.3. The van der Waals surface area contributed by atoms with Crippen molar-refractivity contribution >= 4 is 17.4 Å². The molecular weight excluding hydrogens is 371 g/mol. The van der Waals surface area contributed by atoms with E-state index in [0.717, 1.165) is 18.7 Å². The Morgan fingerprint density at radius 1 is 1.03 bits per heavy atom. The number of rotatable bonds is 7. The van der Waals surface area contributed by atoms with Gasteiger partial charge in [-0.05, 0) is 43.7 Å². The number of amides is 1. The highest BCUT2D eigenvalue weighted by molar-refractivity contribution is 6.46. The monoisotopic (exact) mass is 397 g/mol. The highest BCUT2D eigenvalue weighted by Crippen LogP contribution is 2.38. The predicted octanol–water partition coefficient (Wildman–Crippen LogP) is 2.17. The molecule has 0 aliphatic carbocycles. The molecule has 1 aliphatic rings. The fourth-order valence-electron chi connectivity index (χ4n) is 3.74. The average molecular weight is 397 g/mol. The van der Waals surface area contributed by atoms with E-state index in [1.807, 2.05) is 30.3 Å². The number of Topliss-reactive ketones (excluding diaryl/α,β-unsaturated/α-hetero) is 1. The first-order valence-electron chi connectivity index (χ1n) is 9.90. The second-order valence-electron chi connectivity index (χ2n) is 7.12. The van der Waals surface area contributed by atoms with Crippen LogP contribution in [0, 0.1) is 5.82 Å². The molecule has 1 heterocycles. The molecule has 0 bridgehead atoms. The number of carbonyl (C=O) groups excluding carboxylic acids is 2. The number of aliphatic hydroxyl groups is 1. The van der Waals surface area contributed by atoms with Crippen molar-refractivity contribution in [1.82, 2.24) is 4.90 Å². The third-order valence-electron chi connectivity index (χ3n) is 5.48. The molecule has 1 fully saturated rings. The molecule has 1 saturated heterocycles. The number of halogens is 1. The lowest BCUT2D eigenvalue weighted by molar-refractivity contribution is -0.895. The maximum Gasteiger partial charge on any atom is 0.295 e. The number of benzene rings is 2. The van der Waals surface area contributed by atoms with Gasteiger partial charge in [0.15, 0.2) is 0 Å². The molecule has 2 aromatic carbocycles. The number of likely N-dealkylation sites (tertiary alicyclic amines) is 1. The van der Waals surface area contributed by atoms with Crippen LogP contribution < -0.4 is 4.90 Å². The van der Waals surface area contributed by atoms with Gasteiger partial charge in [-0.15, -0.1) is 0 Å². The van der Waals surface area contributed by atoms with Gasteiger partial charge in [-0.2, -0.15) is 0 Å². The van der Waals surface area contributed by atoms with E-state index in [0.29, 0.717) is 18.7 Å². The van der Waals surface area contributed by atoms with Crippen molar-refractivity contribution in [2.75, 3.05) is 26.2 Å². The van der Waals surface area contributed by atoms with Crippen LogP contribution in [0.15, 0.2) is 60.2 Å². The van der Waals surface area contributed by atoms with Crippen LogP contribution in [0.4, 0.5) is 4.39 Å². The standard InChI is InChI=1S/C23H25FN2O3/c1-3-25(4-2)14-15-26-20(16-8-6-5-7-9-16)19(22(28)23(26)29)21(27)17-10-12-18(24)13-11-17/h5-13,20,27H,3-4,14-15H2,1-2H3/p+1/t20-/m0/s1. The summed E-state index contributed by atoms with van der Waals surface area (Å²) in [6.07, 6.45) is 0. The van der Waals surface area contributed by atoms with Crippen molar-refractivity contribution in [3.63, 3.8) is 0 Å². The molecule has 3 rings (SSSR count). The van der Waals surface area contributed by atoms with Crippen molar-refractivity contribution < 1.29 is 24.0 Å². The Bertz CT molecular complexity index is 905. The van der Waals surface area contributed by atoms with Crippen molar-refractivity contribution in [2.24, 2.45) is 0 Å². The van der Waals surface area contributed by atoms with Gasteiger partial charge in [-0.1, -0.05) is 30.3 Å². The second-order valence-corrected chi connectivity index (χ2v) is 7.12. The number of carbonyl (C=O) groups is 2. The Kier molecular flexibility index (Phi) is 6.44. The molecule has 2 aromatic rings. The highest BCUT2D eigenvalue weighted by atomic mass is 19.1. The minimum absolute atomic E-state index is 0.0438. The molecule has 1 atom stereocenters. The van der Waals surface area contributed by atoms with E-state index >= 15 is 0 Å². The lowest BCUT2D eigenvalue weighted by atomic mass is 9.95. The van der Waals surface area contributed by atoms with Crippen molar-refractivity contribution in [2.45, 2.75) is 19.9 Å². The summed E-state index contributed by atoms with van der Waals surface area (Å²) in [5, 5.41) is 10.9. The predicted molar refractivity (Wildman–Crippen MR) is 109 cm³/mol. The summed E-state index contributed by atoms with van der Waals surface area (Å²) in [5.74, 6) is -2.05. The van der Waals surface area contributed by atoms with Gasteiger partial charge in [-0.3, -0.25) is 9.59 Å². The molecule has 0 radical (unpaired) electrons. The van der Waals surface area contributed by atoms with Gasteiger partial charge < -0.3 is 14.9 Å². The molecule has 29 heavy (non-hydrogen) atoms. The second kappa shape index (κ2) is 9.01. The first-order valence-corrected chi connectivity index (χ1v) is 9.90. The zero-order valence-corrected chi connectivity index (χ0v) is 16.7. The summed E-state index contributed by atoms with van der Waals surface area (Å²) in [6, 6.07) is 13.8. The maximum atomic E-state index is 13.3. The summed E-state index contributed by atoms with van der Waals surface area (Å²) in [6.45, 7) is 7.12. The zero-order chi connectivity index (χ0) is 21.0. The number of hydrogen-bond acceptors (Lipinski definition) is 3. The summed E-state index contributed by atoms with van der Waals surface area (Å²) < 4.78 is 13.3. The van der Waals surface area contributed by atoms with Gasteiger partial charge in [0, 0.05) is 5.56 Å². The van der Waals surface area contributed by atoms with Crippen LogP contribution in [0.5, 0.6) is 0 Å². The van der Waals surface area contributed by atoms with Crippen LogP contribution in [0.2, 0.25) is 0 Å². The topological polar surface area (TPSA) is 62.0 Å². The highest BCUT2D eigenvalue weighted by Gasteiger charge is 2.46. The van der Waals surface area contributed by atoms with Crippen LogP contribution in [-0.4, -0.2) is 47.9 Å². The Morgan fingerprint density at radius 2 is 1.66 bits per heavy atom. The van der Waals surface area contributed by atoms with Crippen molar-refractivity contribution in [3.05, 3.63) is 77.1 Å². The summed E-state index contributed by atoms with van der Waals surface area (Å²) in [4.78, 5) is 28.6. The summed E-state index contributed by atoms with van der Waals surface area (Å²) in [7, 11) is 0. The van der Waals surface area contributed by atoms with Gasteiger partial charge >= 0.3 is 0 Å². The van der Waals surface area contributed by atoms with Gasteiger partial charge in [0.05, 0.1) is 37.8 Å². The minimum atomic E-state index is -0.713. The number of nitrogens with zero attached hydrogens (tertiary/aromatic N) is 1. The van der Waals surface area contributed by atoms with E-state index in [4.69, 9.17) is 0 Å². The van der Waals surface area contributed by atoms with Gasteiger partial charge in [0.2, 0.25) is 0 Å². The number of nitrogens with one attached hydrogen (secondary N) is 1. The minimum Gasteiger partial charge on any atom is -0.507 e. The first kappa shape index (κ1) is 20.7. The molecule has 6 heteroatoms. The summed E-state index contributed by atoms with van der Waals surface area (Å²) >= 11 is 0. The van der Waals surface area contributed by atoms with Crippen LogP contribution in [0.1, 0.15) is 31.0 Å². The Labute approximate surface area is 170 Å². The Balaban J connectivity index is 2.06. The molecule has 0 saturated carbocycles. The molecule has 1 amide bonds. The lowest BCUT2D eigenvalue weighted by Gasteiger charge is -2.26. The van der Waals surface area contributed by atoms with Gasteiger partial charge in [0.25, 0.3) is 11.7 Å². The van der Waals surface area contributed by atoms with Crippen LogP contribution in [-0.2, 0) is 9.59 Å². The van der Waals surface area contributed by atoms with Crippen LogP contribution in [0.25, 0.3) is 5.76 Å². The first-order chi connectivity index (χ1) is 14.0. The van der Waals surface area contributed by atoms with E-state index in [1.54, 1.807) is 0 Å². The van der Waals surface area contributed by atoms with Gasteiger partial charge in [-0.25, -0.2) is 4.39 Å². The van der Waals surface area contributed by atoms with Crippen LogP contribution in [0.3, 0.4) is 0 Å². The van der Waals surface area contributed by atoms with E-state index in [1.165, 1.54) is 34.1 Å². The lowest BCUT2D eigenvalue weighted by Crippen LogP contribution is -3.12. The fraction of sp³-hybridized carbons (Fsp3) is 0.304. The number of ketones is 1. The summed E-state index contributed by atoms with van der Waals surface area (Å²) in [5.41, 5.74) is 1.10. The number of quaternary nitrogens is 1. The van der Waals surface area contributed by atoms with Gasteiger partial charge in [0.1, 0.15) is 11.6 Å².